The Hall–Kier alpha value is -0.305. The van der Waals surface area contributed by atoms with Crippen LogP contribution in [-0.4, -0.2) is 24.2 Å². The van der Waals surface area contributed by atoms with Gasteiger partial charge in [0.15, 0.2) is 0 Å². The van der Waals surface area contributed by atoms with Gasteiger partial charge in [-0.3, -0.25) is 4.79 Å². The Labute approximate surface area is 148 Å². The molecule has 132 valence electrons. The van der Waals surface area contributed by atoms with Gasteiger partial charge in [0.1, 0.15) is 13.6 Å². The van der Waals surface area contributed by atoms with Crippen LogP contribution in [0.4, 0.5) is 0 Å². The smallest absolute Gasteiger partial charge is 0.133 e. The maximum atomic E-state index is 12.2. The van der Waals surface area contributed by atoms with Crippen molar-refractivity contribution in [3.05, 3.63) is 0 Å². The molecule has 3 heteroatoms. The van der Waals surface area contributed by atoms with Crippen LogP contribution in [0.15, 0.2) is 0 Å². The van der Waals surface area contributed by atoms with Crippen LogP contribution in [0.2, 0.25) is 0 Å². The topological polar surface area (TPSA) is 37.3 Å². The largest absolute Gasteiger partial charge is 0.400 e. The Morgan fingerprint density at radius 1 is 0.958 bits per heavy atom. The highest BCUT2D eigenvalue weighted by Crippen LogP contribution is 2.67. The fraction of sp³-hybridized carbons (Fsp3) is 0.952. The molecule has 0 unspecified atom stereocenters. The van der Waals surface area contributed by atoms with Gasteiger partial charge in [0, 0.05) is 11.4 Å². The van der Waals surface area contributed by atoms with E-state index in [1.807, 2.05) is 6.92 Å². The fourth-order valence-corrected chi connectivity index (χ4v) is 7.94. The minimum atomic E-state index is -0.937. The third kappa shape index (κ3) is 2.29. The van der Waals surface area contributed by atoms with Crippen LogP contribution < -0.4 is 0 Å². The zero-order chi connectivity index (χ0) is 17.3. The van der Waals surface area contributed by atoms with E-state index < -0.39 is 5.50 Å². The Balaban J connectivity index is 1.61. The molecular weight excluding hydrogens is 295 g/mol. The quantitative estimate of drug-likeness (QED) is 0.736. The summed E-state index contributed by atoms with van der Waals surface area (Å²) in [5.74, 6) is 3.60. The summed E-state index contributed by atoms with van der Waals surface area (Å²) in [5.41, 5.74) is -0.336. The lowest BCUT2D eigenvalue weighted by Gasteiger charge is -2.62. The first kappa shape index (κ1) is 17.1. The van der Waals surface area contributed by atoms with Crippen LogP contribution in [0.25, 0.3) is 0 Å². The standard InChI is InChI=1S/C21H33BO2/c1-13(23)16-6-7-17-15-5-4-14-12-21(22,24)11-10-19(14,2)18(15)8-9-20(16,17)3/h14-18,24H,4-12H2,1-3H3/t14-,15-,16+,17-,18-,19-,20+,21+/m0/s1. The number of fused-ring (bicyclic) bond motifs is 5. The predicted octanol–water partition coefficient (Wildman–Crippen LogP) is 4.09. The number of hydrogen-bond donors (Lipinski definition) is 1. The molecule has 0 bridgehead atoms. The Morgan fingerprint density at radius 2 is 1.67 bits per heavy atom. The molecule has 24 heavy (non-hydrogen) atoms. The fourth-order valence-electron chi connectivity index (χ4n) is 7.94. The van der Waals surface area contributed by atoms with E-state index in [-0.39, 0.29) is 5.41 Å². The first-order chi connectivity index (χ1) is 11.2. The monoisotopic (exact) mass is 328 g/mol. The highest BCUT2D eigenvalue weighted by molar-refractivity contribution is 6.14. The second kappa shape index (κ2) is 5.35. The van der Waals surface area contributed by atoms with Crippen LogP contribution in [0, 0.1) is 40.4 Å². The van der Waals surface area contributed by atoms with Gasteiger partial charge >= 0.3 is 0 Å². The normalized spacial score (nSPS) is 56.9. The minimum absolute atomic E-state index is 0.249. The molecule has 0 amide bonds. The van der Waals surface area contributed by atoms with E-state index in [1.165, 1.54) is 32.1 Å². The third-order valence-electron chi connectivity index (χ3n) is 9.25. The van der Waals surface area contributed by atoms with E-state index in [2.05, 4.69) is 13.8 Å². The maximum Gasteiger partial charge on any atom is 0.133 e. The molecule has 0 saturated heterocycles. The van der Waals surface area contributed by atoms with Gasteiger partial charge in [0.05, 0.1) is 0 Å². The lowest BCUT2D eigenvalue weighted by atomic mass is 9.42. The summed E-state index contributed by atoms with van der Waals surface area (Å²) in [6, 6.07) is 0. The summed E-state index contributed by atoms with van der Waals surface area (Å²) in [6.07, 6.45) is 9.97. The van der Waals surface area contributed by atoms with Crippen molar-refractivity contribution in [1.82, 2.24) is 0 Å². The van der Waals surface area contributed by atoms with E-state index in [1.54, 1.807) is 0 Å². The molecule has 2 radical (unpaired) electrons. The number of aliphatic hydroxyl groups is 1. The summed E-state index contributed by atoms with van der Waals surface area (Å²) < 4.78 is 0. The molecule has 0 aliphatic heterocycles. The molecule has 1 N–H and O–H groups in total. The molecule has 0 heterocycles. The molecule has 0 spiro atoms. The highest BCUT2D eigenvalue weighted by Gasteiger charge is 2.61. The molecule has 4 aliphatic rings. The van der Waals surface area contributed by atoms with E-state index in [0.717, 1.165) is 43.4 Å². The van der Waals surface area contributed by atoms with Crippen molar-refractivity contribution >= 4 is 13.6 Å². The summed E-state index contributed by atoms with van der Waals surface area (Å²) in [7, 11) is 6.09. The van der Waals surface area contributed by atoms with Gasteiger partial charge in [0.25, 0.3) is 0 Å². The number of Topliss-reactive ketones (excluding diaryl/α,β-unsaturated/α-hetero) is 1. The lowest BCUT2D eigenvalue weighted by molar-refractivity contribution is -0.141. The Morgan fingerprint density at radius 3 is 2.38 bits per heavy atom. The predicted molar refractivity (Wildman–Crippen MR) is 96.6 cm³/mol. The molecule has 4 saturated carbocycles. The van der Waals surface area contributed by atoms with Gasteiger partial charge < -0.3 is 5.11 Å². The van der Waals surface area contributed by atoms with Gasteiger partial charge in [-0.25, -0.2) is 0 Å². The van der Waals surface area contributed by atoms with Gasteiger partial charge in [0.2, 0.25) is 0 Å². The third-order valence-corrected chi connectivity index (χ3v) is 9.25. The molecule has 4 rings (SSSR count). The van der Waals surface area contributed by atoms with Crippen LogP contribution >= 0.6 is 0 Å². The minimum Gasteiger partial charge on any atom is -0.400 e. The molecular formula is C21H33BO2. The lowest BCUT2D eigenvalue weighted by Crippen LogP contribution is -2.56. The van der Waals surface area contributed by atoms with Gasteiger partial charge in [-0.05, 0) is 99.2 Å². The van der Waals surface area contributed by atoms with Crippen molar-refractivity contribution in [2.45, 2.75) is 84.1 Å². The molecule has 4 aliphatic carbocycles. The van der Waals surface area contributed by atoms with E-state index in [0.29, 0.717) is 23.0 Å². The van der Waals surface area contributed by atoms with Crippen LogP contribution in [0.3, 0.4) is 0 Å². The van der Waals surface area contributed by atoms with Crippen molar-refractivity contribution in [2.75, 3.05) is 0 Å². The first-order valence-electron chi connectivity index (χ1n) is 10.2. The van der Waals surface area contributed by atoms with Crippen LogP contribution in [0.5, 0.6) is 0 Å². The van der Waals surface area contributed by atoms with Crippen LogP contribution in [-0.2, 0) is 4.79 Å². The molecule has 2 nitrogen and oxygen atoms in total. The maximum absolute atomic E-state index is 12.2. The number of carbonyl (C=O) groups is 1. The summed E-state index contributed by atoms with van der Waals surface area (Å²) >= 11 is 0. The second-order valence-corrected chi connectivity index (χ2v) is 10.2. The molecule has 0 aromatic heterocycles. The van der Waals surface area contributed by atoms with E-state index >= 15 is 0 Å². The van der Waals surface area contributed by atoms with Crippen molar-refractivity contribution < 1.29 is 9.90 Å². The van der Waals surface area contributed by atoms with E-state index in [4.69, 9.17) is 7.85 Å². The SMILES string of the molecule is [B][C@@]1(O)CC[C@@]2(C)[C@@H](CC[C@@H]3[C@@H]2CC[C@]2(C)[C@@H](C(C)=O)CC[C@@H]32)C1. The number of rotatable bonds is 1. The highest BCUT2D eigenvalue weighted by atomic mass is 16.3. The zero-order valence-electron chi connectivity index (χ0n) is 15.7. The molecule has 0 aromatic carbocycles. The van der Waals surface area contributed by atoms with Gasteiger partial charge in [-0.15, -0.1) is 0 Å². The van der Waals surface area contributed by atoms with E-state index in [9.17, 15) is 9.90 Å². The average molecular weight is 328 g/mol. The molecule has 4 fully saturated rings. The summed E-state index contributed by atoms with van der Waals surface area (Å²) in [5, 5.41) is 10.4. The van der Waals surface area contributed by atoms with Crippen molar-refractivity contribution in [1.29, 1.82) is 0 Å². The molecule has 8 atom stereocenters. The Bertz CT molecular complexity index is 544. The Kier molecular flexibility index (Phi) is 3.82. The number of carbonyl (C=O) groups excluding carboxylic acids is 1. The van der Waals surface area contributed by atoms with Gasteiger partial charge in [-0.1, -0.05) is 13.8 Å². The number of ketones is 1. The first-order valence-corrected chi connectivity index (χ1v) is 10.2. The van der Waals surface area contributed by atoms with Crippen LogP contribution in [0.1, 0.15) is 78.6 Å². The average Bonchev–Trinajstić information content (AvgIpc) is 2.85. The molecule has 0 aromatic rings. The second-order valence-electron chi connectivity index (χ2n) is 10.2. The summed E-state index contributed by atoms with van der Waals surface area (Å²) in [6.45, 7) is 6.72. The summed E-state index contributed by atoms with van der Waals surface area (Å²) in [4.78, 5) is 12.2. The number of hydrogen-bond acceptors (Lipinski definition) is 2. The van der Waals surface area contributed by atoms with Crippen molar-refractivity contribution in [3.8, 4) is 0 Å². The van der Waals surface area contributed by atoms with Crippen molar-refractivity contribution in [3.63, 3.8) is 0 Å². The van der Waals surface area contributed by atoms with Crippen molar-refractivity contribution in [2.24, 2.45) is 40.4 Å². The van der Waals surface area contributed by atoms with Gasteiger partial charge in [-0.2, -0.15) is 0 Å². The zero-order valence-corrected chi connectivity index (χ0v) is 15.7.